The number of nitrogens with one attached hydrogen (secondary N) is 1. The van der Waals surface area contributed by atoms with Gasteiger partial charge in [0.1, 0.15) is 0 Å². The van der Waals surface area contributed by atoms with Crippen molar-refractivity contribution in [3.8, 4) is 11.5 Å². The molecular weight excluding hydrogens is 342 g/mol. The van der Waals surface area contributed by atoms with E-state index in [1.54, 1.807) is 6.20 Å². The molecule has 2 aromatic rings. The Hall–Kier alpha value is -1.01. The summed E-state index contributed by atoms with van der Waals surface area (Å²) in [6.45, 7) is 0.190. The maximum absolute atomic E-state index is 10.9. The number of fused-ring (bicyclic) bond motifs is 2. The molecule has 0 amide bonds. The zero-order valence-corrected chi connectivity index (χ0v) is 11.0. The van der Waals surface area contributed by atoms with Crippen LogP contribution in [0.2, 0.25) is 0 Å². The third kappa shape index (κ3) is 1.17. The molecule has 16 heavy (non-hydrogen) atoms. The first-order valence-electron chi connectivity index (χ1n) is 4.47. The van der Waals surface area contributed by atoms with Crippen LogP contribution in [0.1, 0.15) is 10.4 Å². The maximum Gasteiger partial charge on any atom is 0.231 e. The molecule has 0 saturated heterocycles. The second kappa shape index (κ2) is 3.49. The molecule has 82 valence electrons. The lowest BCUT2D eigenvalue weighted by Gasteiger charge is -2.04. The van der Waals surface area contributed by atoms with Crippen LogP contribution in [-0.2, 0) is 0 Å². The van der Waals surface area contributed by atoms with Crippen molar-refractivity contribution < 1.29 is 14.3 Å². The zero-order valence-electron chi connectivity index (χ0n) is 7.84. The number of carbonyl (C=O) groups excluding carboxylic acids is 1. The highest BCUT2D eigenvalue weighted by atomic mass is 79.9. The fourth-order valence-electron chi connectivity index (χ4n) is 1.77. The average Bonchev–Trinajstić information content (AvgIpc) is 2.92. The Morgan fingerprint density at radius 3 is 2.62 bits per heavy atom. The highest BCUT2D eigenvalue weighted by Crippen LogP contribution is 2.50. The van der Waals surface area contributed by atoms with Crippen LogP contribution in [0.4, 0.5) is 0 Å². The summed E-state index contributed by atoms with van der Waals surface area (Å²) in [6, 6.07) is 0. The van der Waals surface area contributed by atoms with Gasteiger partial charge in [-0.15, -0.1) is 0 Å². The molecule has 1 aliphatic heterocycles. The summed E-state index contributed by atoms with van der Waals surface area (Å²) in [7, 11) is 0. The number of aromatic nitrogens is 1. The van der Waals surface area contributed by atoms with Crippen molar-refractivity contribution in [2.24, 2.45) is 0 Å². The van der Waals surface area contributed by atoms with Crippen LogP contribution in [0.3, 0.4) is 0 Å². The van der Waals surface area contributed by atoms with E-state index >= 15 is 0 Å². The van der Waals surface area contributed by atoms with Crippen LogP contribution in [0.5, 0.6) is 11.5 Å². The normalized spacial score (nSPS) is 13.4. The number of aldehydes is 1. The summed E-state index contributed by atoms with van der Waals surface area (Å²) >= 11 is 6.87. The Balaban J connectivity index is 2.50. The Morgan fingerprint density at radius 1 is 1.25 bits per heavy atom. The molecule has 0 spiro atoms. The predicted octanol–water partition coefficient (Wildman–Crippen LogP) is 3.23. The number of aromatic amines is 1. The molecule has 0 aliphatic carbocycles. The topological polar surface area (TPSA) is 51.3 Å². The zero-order chi connectivity index (χ0) is 11.3. The van der Waals surface area contributed by atoms with Crippen molar-refractivity contribution in [1.82, 2.24) is 4.98 Å². The predicted molar refractivity (Wildman–Crippen MR) is 65.2 cm³/mol. The standard InChI is InChI=1S/C10H5Br2NO3/c11-6-5-4(2-14)1-13-8(5)7(12)10-9(6)15-3-16-10/h1-2,13H,3H2. The van der Waals surface area contributed by atoms with E-state index in [4.69, 9.17) is 9.47 Å². The molecule has 2 heterocycles. The minimum atomic E-state index is 0.190. The number of rotatable bonds is 1. The Bertz CT molecular complexity index is 606. The van der Waals surface area contributed by atoms with E-state index in [-0.39, 0.29) is 6.79 Å². The highest BCUT2D eigenvalue weighted by Gasteiger charge is 2.26. The maximum atomic E-state index is 10.9. The summed E-state index contributed by atoms with van der Waals surface area (Å²) in [5.74, 6) is 1.28. The van der Waals surface area contributed by atoms with Gasteiger partial charge in [-0.3, -0.25) is 4.79 Å². The second-order valence-corrected chi connectivity index (χ2v) is 4.89. The molecule has 1 aromatic carbocycles. The number of hydrogen-bond donors (Lipinski definition) is 1. The molecule has 0 fully saturated rings. The van der Waals surface area contributed by atoms with Crippen molar-refractivity contribution in [1.29, 1.82) is 0 Å². The fourth-order valence-corrected chi connectivity index (χ4v) is 3.10. The number of benzene rings is 1. The molecular formula is C10H5Br2NO3. The van der Waals surface area contributed by atoms with Crippen molar-refractivity contribution in [2.75, 3.05) is 6.79 Å². The minimum absolute atomic E-state index is 0.190. The van der Waals surface area contributed by atoms with Crippen LogP contribution in [0.15, 0.2) is 15.1 Å². The van der Waals surface area contributed by atoms with E-state index in [0.29, 0.717) is 17.1 Å². The average molecular weight is 347 g/mol. The number of H-pyrrole nitrogens is 1. The van der Waals surface area contributed by atoms with Gasteiger partial charge in [0.25, 0.3) is 0 Å². The van der Waals surface area contributed by atoms with Gasteiger partial charge >= 0.3 is 0 Å². The molecule has 0 unspecified atom stereocenters. The molecule has 0 atom stereocenters. The molecule has 0 saturated carbocycles. The lowest BCUT2D eigenvalue weighted by atomic mass is 10.1. The van der Waals surface area contributed by atoms with E-state index in [1.807, 2.05) is 0 Å². The molecule has 1 aliphatic rings. The van der Waals surface area contributed by atoms with Gasteiger partial charge in [-0.25, -0.2) is 0 Å². The van der Waals surface area contributed by atoms with Gasteiger partial charge < -0.3 is 14.5 Å². The Morgan fingerprint density at radius 2 is 1.94 bits per heavy atom. The smallest absolute Gasteiger partial charge is 0.231 e. The Labute approximate surface area is 107 Å². The van der Waals surface area contributed by atoms with Gasteiger partial charge in [0.2, 0.25) is 6.79 Å². The van der Waals surface area contributed by atoms with Crippen LogP contribution in [0.25, 0.3) is 10.9 Å². The second-order valence-electron chi connectivity index (χ2n) is 3.30. The van der Waals surface area contributed by atoms with Crippen LogP contribution < -0.4 is 9.47 Å². The first-order valence-corrected chi connectivity index (χ1v) is 6.05. The van der Waals surface area contributed by atoms with Gasteiger partial charge in [-0.2, -0.15) is 0 Å². The van der Waals surface area contributed by atoms with Crippen molar-refractivity contribution >= 4 is 49.0 Å². The van der Waals surface area contributed by atoms with E-state index < -0.39 is 0 Å². The van der Waals surface area contributed by atoms with Gasteiger partial charge in [0.15, 0.2) is 17.8 Å². The van der Waals surface area contributed by atoms with E-state index in [9.17, 15) is 4.79 Å². The van der Waals surface area contributed by atoms with Crippen LogP contribution in [-0.4, -0.2) is 18.1 Å². The highest BCUT2D eigenvalue weighted by molar-refractivity contribution is 9.11. The van der Waals surface area contributed by atoms with Crippen molar-refractivity contribution in [3.05, 3.63) is 20.7 Å². The molecule has 0 bridgehead atoms. The summed E-state index contributed by atoms with van der Waals surface area (Å²) in [5, 5.41) is 0.797. The molecule has 1 aromatic heterocycles. The summed E-state index contributed by atoms with van der Waals surface area (Å²) in [6.07, 6.45) is 2.46. The summed E-state index contributed by atoms with van der Waals surface area (Å²) < 4.78 is 12.2. The number of ether oxygens (including phenoxy) is 2. The first-order chi connectivity index (χ1) is 7.74. The summed E-state index contributed by atoms with van der Waals surface area (Å²) in [4.78, 5) is 14.0. The number of hydrogen-bond acceptors (Lipinski definition) is 3. The fraction of sp³-hybridized carbons (Fsp3) is 0.100. The van der Waals surface area contributed by atoms with Crippen LogP contribution >= 0.6 is 31.9 Å². The molecule has 1 N–H and O–H groups in total. The van der Waals surface area contributed by atoms with Gasteiger partial charge in [-0.05, 0) is 31.9 Å². The van der Waals surface area contributed by atoms with E-state index in [2.05, 4.69) is 36.8 Å². The number of halogens is 2. The minimum Gasteiger partial charge on any atom is -0.452 e. The largest absolute Gasteiger partial charge is 0.452 e. The van der Waals surface area contributed by atoms with E-state index in [0.717, 1.165) is 26.1 Å². The van der Waals surface area contributed by atoms with Gasteiger partial charge in [0, 0.05) is 17.1 Å². The quantitative estimate of drug-likeness (QED) is 0.806. The van der Waals surface area contributed by atoms with Crippen LogP contribution in [0, 0.1) is 0 Å². The third-order valence-electron chi connectivity index (χ3n) is 2.49. The third-order valence-corrected chi connectivity index (χ3v) is 4.00. The first kappa shape index (κ1) is 10.2. The lowest BCUT2D eigenvalue weighted by Crippen LogP contribution is -1.93. The molecule has 4 nitrogen and oxygen atoms in total. The van der Waals surface area contributed by atoms with Crippen molar-refractivity contribution in [2.45, 2.75) is 0 Å². The molecule has 0 radical (unpaired) electrons. The molecule has 3 rings (SSSR count). The SMILES string of the molecule is O=Cc1c[nH]c2c(Br)c3c(c(Br)c12)OCO3. The van der Waals surface area contributed by atoms with Gasteiger partial charge in [0.05, 0.1) is 14.5 Å². The lowest BCUT2D eigenvalue weighted by molar-refractivity contribution is 0.112. The summed E-state index contributed by atoms with van der Waals surface area (Å²) in [5.41, 5.74) is 1.40. The van der Waals surface area contributed by atoms with Gasteiger partial charge in [-0.1, -0.05) is 0 Å². The number of carbonyl (C=O) groups is 1. The Kier molecular flexibility index (Phi) is 2.22. The monoisotopic (exact) mass is 345 g/mol. The molecule has 6 heteroatoms. The van der Waals surface area contributed by atoms with E-state index in [1.165, 1.54) is 0 Å². The van der Waals surface area contributed by atoms with Crippen molar-refractivity contribution in [3.63, 3.8) is 0 Å².